The van der Waals surface area contributed by atoms with E-state index in [9.17, 15) is 16.8 Å². The van der Waals surface area contributed by atoms with Crippen LogP contribution >= 0.6 is 0 Å². The van der Waals surface area contributed by atoms with Gasteiger partial charge in [0.2, 0.25) is 0 Å². The molecule has 0 amide bonds. The van der Waals surface area contributed by atoms with E-state index in [4.69, 9.17) is 8.37 Å². The van der Waals surface area contributed by atoms with Crippen LogP contribution in [0.4, 0.5) is 0 Å². The Bertz CT molecular complexity index is 1410. The molecule has 0 aromatic heterocycles. The van der Waals surface area contributed by atoms with Gasteiger partial charge in [-0.3, -0.25) is 8.37 Å². The van der Waals surface area contributed by atoms with E-state index in [1.54, 1.807) is 24.3 Å². The van der Waals surface area contributed by atoms with Crippen LogP contribution < -0.4 is 0 Å². The standard InChI is InChI=1S/C30H30O6S2/c1-23-13-17-27(18-14-23)37(31,32)35-21-29(25-9-5-3-6-10-25)30(26-11-7-4-8-12-26)22-36-38(33,34)28-19-15-24(2)16-20-28/h3-20,29-30H,21-22H2,1-2H3/t29-,30-/m0/s1. The molecule has 0 aliphatic heterocycles. The second-order valence-corrected chi connectivity index (χ2v) is 12.4. The summed E-state index contributed by atoms with van der Waals surface area (Å²) in [7, 11) is -8.09. The van der Waals surface area contributed by atoms with E-state index in [1.165, 1.54) is 24.3 Å². The van der Waals surface area contributed by atoms with Gasteiger partial charge in [-0.1, -0.05) is 96.1 Å². The molecule has 4 aromatic carbocycles. The summed E-state index contributed by atoms with van der Waals surface area (Å²) in [5, 5.41) is 0. The fourth-order valence-electron chi connectivity index (χ4n) is 4.16. The Morgan fingerprint density at radius 2 is 0.816 bits per heavy atom. The van der Waals surface area contributed by atoms with E-state index in [1.807, 2.05) is 74.5 Å². The molecule has 6 nitrogen and oxygen atoms in total. The second-order valence-electron chi connectivity index (χ2n) is 9.14. The normalized spacial score (nSPS) is 13.6. The molecule has 0 radical (unpaired) electrons. The van der Waals surface area contributed by atoms with Gasteiger partial charge in [-0.05, 0) is 49.2 Å². The summed E-state index contributed by atoms with van der Waals surface area (Å²) in [6, 6.07) is 31.5. The summed E-state index contributed by atoms with van der Waals surface area (Å²) in [6.45, 7) is 3.34. The maximum Gasteiger partial charge on any atom is 0.296 e. The lowest BCUT2D eigenvalue weighted by molar-refractivity contribution is 0.225. The zero-order valence-electron chi connectivity index (χ0n) is 21.2. The molecule has 0 spiro atoms. The molecule has 198 valence electrons. The molecule has 2 atom stereocenters. The van der Waals surface area contributed by atoms with Crippen LogP contribution in [0.25, 0.3) is 0 Å². The topological polar surface area (TPSA) is 86.7 Å². The first kappa shape index (κ1) is 27.7. The number of benzene rings is 4. The SMILES string of the molecule is Cc1ccc(S(=O)(=O)OC[C@@H](c2ccccc2)[C@@H](COS(=O)(=O)c2ccc(C)cc2)c2ccccc2)cc1. The highest BCUT2D eigenvalue weighted by Gasteiger charge is 2.30. The molecule has 0 heterocycles. The molecule has 8 heteroatoms. The van der Waals surface area contributed by atoms with Gasteiger partial charge < -0.3 is 0 Å². The van der Waals surface area contributed by atoms with Gasteiger partial charge in [-0.2, -0.15) is 16.8 Å². The van der Waals surface area contributed by atoms with Crippen LogP contribution in [-0.4, -0.2) is 30.0 Å². The Kier molecular flexibility index (Phi) is 8.79. The Hall–Kier alpha value is -3.30. The molecule has 0 saturated heterocycles. The number of rotatable bonds is 11. The monoisotopic (exact) mass is 550 g/mol. The third-order valence-corrected chi connectivity index (χ3v) is 8.96. The zero-order valence-corrected chi connectivity index (χ0v) is 22.9. The van der Waals surface area contributed by atoms with Crippen molar-refractivity contribution in [3.63, 3.8) is 0 Å². The number of hydrogen-bond acceptors (Lipinski definition) is 6. The first-order valence-electron chi connectivity index (χ1n) is 12.2. The molecule has 0 N–H and O–H groups in total. The van der Waals surface area contributed by atoms with E-state index < -0.39 is 32.1 Å². The summed E-state index contributed by atoms with van der Waals surface area (Å²) in [5.41, 5.74) is 3.47. The molecule has 0 aliphatic rings. The molecule has 0 fully saturated rings. The fourth-order valence-corrected chi connectivity index (χ4v) is 6.02. The van der Waals surface area contributed by atoms with Crippen LogP contribution in [0, 0.1) is 13.8 Å². The summed E-state index contributed by atoms with van der Waals surface area (Å²) >= 11 is 0. The quantitative estimate of drug-likeness (QED) is 0.214. The van der Waals surface area contributed by atoms with Crippen LogP contribution in [0.3, 0.4) is 0 Å². The van der Waals surface area contributed by atoms with Crippen molar-refractivity contribution in [2.75, 3.05) is 13.2 Å². The predicted octanol–water partition coefficient (Wildman–Crippen LogP) is 5.98. The third kappa shape index (κ3) is 6.96. The average molecular weight is 551 g/mol. The Balaban J connectivity index is 1.66. The maximum absolute atomic E-state index is 13.0. The molecule has 4 rings (SSSR count). The lowest BCUT2D eigenvalue weighted by Gasteiger charge is -2.27. The largest absolute Gasteiger partial charge is 0.296 e. The lowest BCUT2D eigenvalue weighted by Crippen LogP contribution is -2.24. The third-order valence-electron chi connectivity index (χ3n) is 6.37. The summed E-state index contributed by atoms with van der Waals surface area (Å²) in [6.07, 6.45) is 0. The average Bonchev–Trinajstić information content (AvgIpc) is 2.92. The molecule has 0 saturated carbocycles. The van der Waals surface area contributed by atoms with E-state index >= 15 is 0 Å². The highest BCUT2D eigenvalue weighted by Crippen LogP contribution is 2.35. The maximum atomic E-state index is 13.0. The number of hydrogen-bond donors (Lipinski definition) is 0. The van der Waals surface area contributed by atoms with Gasteiger partial charge in [0.25, 0.3) is 20.2 Å². The predicted molar refractivity (Wildman–Crippen MR) is 147 cm³/mol. The molecule has 0 aliphatic carbocycles. The minimum Gasteiger partial charge on any atom is -0.266 e. The molecule has 4 aromatic rings. The van der Waals surface area contributed by atoms with Crippen molar-refractivity contribution in [3.8, 4) is 0 Å². The molecule has 0 unspecified atom stereocenters. The van der Waals surface area contributed by atoms with Gasteiger partial charge in [0.15, 0.2) is 0 Å². The van der Waals surface area contributed by atoms with E-state index in [0.29, 0.717) is 0 Å². The van der Waals surface area contributed by atoms with Crippen LogP contribution in [0.2, 0.25) is 0 Å². The summed E-state index contributed by atoms with van der Waals surface area (Å²) in [5.74, 6) is -1.04. The molecular formula is C30H30O6S2. The first-order chi connectivity index (χ1) is 18.2. The van der Waals surface area contributed by atoms with Gasteiger partial charge in [-0.25, -0.2) is 0 Å². The van der Waals surface area contributed by atoms with Crippen molar-refractivity contribution in [2.45, 2.75) is 35.5 Å². The van der Waals surface area contributed by atoms with Crippen molar-refractivity contribution >= 4 is 20.2 Å². The smallest absolute Gasteiger partial charge is 0.266 e. The fraction of sp³-hybridized carbons (Fsp3) is 0.200. The Morgan fingerprint density at radius 3 is 1.13 bits per heavy atom. The van der Waals surface area contributed by atoms with E-state index in [-0.39, 0.29) is 23.0 Å². The molecular weight excluding hydrogens is 520 g/mol. The van der Waals surface area contributed by atoms with Gasteiger partial charge >= 0.3 is 0 Å². The zero-order chi connectivity index (χ0) is 27.2. The minimum absolute atomic E-state index is 0.0596. The van der Waals surface area contributed by atoms with Crippen LogP contribution in [-0.2, 0) is 28.6 Å². The second kappa shape index (κ2) is 12.0. The van der Waals surface area contributed by atoms with Crippen molar-refractivity contribution in [3.05, 3.63) is 131 Å². The van der Waals surface area contributed by atoms with Gasteiger partial charge in [0.05, 0.1) is 23.0 Å². The molecule has 0 bridgehead atoms. The van der Waals surface area contributed by atoms with E-state index in [2.05, 4.69) is 0 Å². The minimum atomic E-state index is -4.05. The summed E-state index contributed by atoms with van der Waals surface area (Å²) in [4.78, 5) is 0.119. The van der Waals surface area contributed by atoms with Crippen LogP contribution in [0.5, 0.6) is 0 Å². The first-order valence-corrected chi connectivity index (χ1v) is 15.0. The van der Waals surface area contributed by atoms with Gasteiger partial charge in [-0.15, -0.1) is 0 Å². The Labute approximate surface area is 225 Å². The van der Waals surface area contributed by atoms with Crippen molar-refractivity contribution in [1.29, 1.82) is 0 Å². The Morgan fingerprint density at radius 1 is 0.500 bits per heavy atom. The van der Waals surface area contributed by atoms with Crippen molar-refractivity contribution in [2.24, 2.45) is 0 Å². The van der Waals surface area contributed by atoms with Gasteiger partial charge in [0, 0.05) is 11.8 Å². The van der Waals surface area contributed by atoms with Crippen molar-refractivity contribution in [1.82, 2.24) is 0 Å². The van der Waals surface area contributed by atoms with Crippen LogP contribution in [0.15, 0.2) is 119 Å². The number of aryl methyl sites for hydroxylation is 2. The lowest BCUT2D eigenvalue weighted by atomic mass is 9.82. The van der Waals surface area contributed by atoms with Crippen LogP contribution in [0.1, 0.15) is 34.1 Å². The molecule has 38 heavy (non-hydrogen) atoms. The van der Waals surface area contributed by atoms with Gasteiger partial charge in [0.1, 0.15) is 0 Å². The van der Waals surface area contributed by atoms with E-state index in [0.717, 1.165) is 22.3 Å². The highest BCUT2D eigenvalue weighted by molar-refractivity contribution is 7.87. The highest BCUT2D eigenvalue weighted by atomic mass is 32.2. The summed E-state index contributed by atoms with van der Waals surface area (Å²) < 4.78 is 63.2. The van der Waals surface area contributed by atoms with Crippen molar-refractivity contribution < 1.29 is 25.2 Å².